The fraction of sp³-hybridized carbons (Fsp3) is 0.111. The van der Waals surface area contributed by atoms with E-state index in [0.29, 0.717) is 5.69 Å². The van der Waals surface area contributed by atoms with Crippen LogP contribution in [0.1, 0.15) is 16.7 Å². The van der Waals surface area contributed by atoms with Crippen molar-refractivity contribution in [2.45, 2.75) is 13.8 Å². The summed E-state index contributed by atoms with van der Waals surface area (Å²) < 4.78 is 0. The lowest BCUT2D eigenvalue weighted by Gasteiger charge is -2.12. The van der Waals surface area contributed by atoms with Crippen LogP contribution in [0.15, 0.2) is 48.5 Å². The topological polar surface area (TPSA) is 61.4 Å². The monoisotopic (exact) mass is 326 g/mol. The SMILES string of the molecule is Cc1cc(O)c(NC(=S)NC(=O)C=Cc2ccccc2)cc1C. The zero-order valence-corrected chi connectivity index (χ0v) is 13.8. The van der Waals surface area contributed by atoms with Crippen molar-refractivity contribution >= 4 is 35.0 Å². The molecule has 2 aromatic carbocycles. The average molecular weight is 326 g/mol. The molecule has 2 aromatic rings. The summed E-state index contributed by atoms with van der Waals surface area (Å²) in [5.74, 6) is -0.251. The molecule has 118 valence electrons. The molecular formula is C18H18N2O2S. The van der Waals surface area contributed by atoms with Crippen LogP contribution in [-0.2, 0) is 4.79 Å². The molecule has 2 rings (SSSR count). The molecule has 0 unspecified atom stereocenters. The highest BCUT2D eigenvalue weighted by Crippen LogP contribution is 2.26. The van der Waals surface area contributed by atoms with Crippen molar-refractivity contribution in [1.82, 2.24) is 5.32 Å². The lowest BCUT2D eigenvalue weighted by atomic mass is 10.1. The number of thiocarbonyl (C=S) groups is 1. The Hall–Kier alpha value is -2.66. The number of aromatic hydroxyl groups is 1. The highest BCUT2D eigenvalue weighted by atomic mass is 32.1. The van der Waals surface area contributed by atoms with Gasteiger partial charge >= 0.3 is 0 Å². The summed E-state index contributed by atoms with van der Waals surface area (Å²) in [4.78, 5) is 11.8. The molecule has 0 fully saturated rings. The summed E-state index contributed by atoms with van der Waals surface area (Å²) in [6.45, 7) is 3.84. The third-order valence-corrected chi connectivity index (χ3v) is 3.53. The van der Waals surface area contributed by atoms with Crippen LogP contribution < -0.4 is 10.6 Å². The minimum atomic E-state index is -0.338. The number of hydrogen-bond donors (Lipinski definition) is 3. The van der Waals surface area contributed by atoms with E-state index in [1.165, 1.54) is 6.08 Å². The number of carbonyl (C=O) groups excluding carboxylic acids is 1. The number of phenols is 1. The summed E-state index contributed by atoms with van der Waals surface area (Å²) in [5.41, 5.74) is 3.39. The van der Waals surface area contributed by atoms with Gasteiger partial charge in [-0.25, -0.2) is 0 Å². The van der Waals surface area contributed by atoms with Gasteiger partial charge in [0.1, 0.15) is 5.75 Å². The number of carbonyl (C=O) groups is 1. The fourth-order valence-corrected chi connectivity index (χ4v) is 2.15. The van der Waals surface area contributed by atoms with E-state index in [1.807, 2.05) is 44.2 Å². The molecule has 0 bridgehead atoms. The van der Waals surface area contributed by atoms with Gasteiger partial charge in [0.25, 0.3) is 0 Å². The number of aryl methyl sites for hydroxylation is 2. The maximum Gasteiger partial charge on any atom is 0.250 e. The fourth-order valence-electron chi connectivity index (χ4n) is 1.94. The number of anilines is 1. The highest BCUT2D eigenvalue weighted by Gasteiger charge is 2.07. The van der Waals surface area contributed by atoms with Gasteiger partial charge in [-0.2, -0.15) is 0 Å². The van der Waals surface area contributed by atoms with E-state index in [4.69, 9.17) is 12.2 Å². The zero-order valence-electron chi connectivity index (χ0n) is 13.0. The second-order valence-corrected chi connectivity index (χ2v) is 5.55. The van der Waals surface area contributed by atoms with Crippen LogP contribution >= 0.6 is 12.2 Å². The third-order valence-electron chi connectivity index (χ3n) is 3.32. The van der Waals surface area contributed by atoms with E-state index in [2.05, 4.69) is 10.6 Å². The molecular weight excluding hydrogens is 308 g/mol. The zero-order chi connectivity index (χ0) is 16.8. The van der Waals surface area contributed by atoms with E-state index in [0.717, 1.165) is 16.7 Å². The van der Waals surface area contributed by atoms with Crippen molar-refractivity contribution in [2.24, 2.45) is 0 Å². The molecule has 0 saturated carbocycles. The first-order valence-electron chi connectivity index (χ1n) is 7.11. The molecule has 0 aromatic heterocycles. The largest absolute Gasteiger partial charge is 0.506 e. The van der Waals surface area contributed by atoms with Gasteiger partial charge in [-0.15, -0.1) is 0 Å². The van der Waals surface area contributed by atoms with E-state index in [-0.39, 0.29) is 16.8 Å². The molecule has 23 heavy (non-hydrogen) atoms. The maximum absolute atomic E-state index is 11.8. The number of nitrogens with one attached hydrogen (secondary N) is 2. The Morgan fingerprint density at radius 2 is 1.78 bits per heavy atom. The molecule has 0 aliphatic heterocycles. The van der Waals surface area contributed by atoms with E-state index in [9.17, 15) is 9.90 Å². The van der Waals surface area contributed by atoms with Gasteiger partial charge in [-0.1, -0.05) is 30.3 Å². The van der Waals surface area contributed by atoms with Crippen LogP contribution in [0.2, 0.25) is 0 Å². The number of rotatable bonds is 3. The normalized spacial score (nSPS) is 10.5. The Bertz CT molecular complexity index is 755. The number of hydrogen-bond acceptors (Lipinski definition) is 3. The Kier molecular flexibility index (Phi) is 5.49. The molecule has 0 atom stereocenters. The van der Waals surface area contributed by atoms with Crippen molar-refractivity contribution in [3.8, 4) is 5.75 Å². The summed E-state index contributed by atoms with van der Waals surface area (Å²) in [6.07, 6.45) is 3.11. The first-order valence-corrected chi connectivity index (χ1v) is 7.52. The van der Waals surface area contributed by atoms with Crippen LogP contribution in [-0.4, -0.2) is 16.1 Å². The van der Waals surface area contributed by atoms with E-state index < -0.39 is 0 Å². The molecule has 4 nitrogen and oxygen atoms in total. The first kappa shape index (κ1) is 16.7. The summed E-state index contributed by atoms with van der Waals surface area (Å²) in [7, 11) is 0. The van der Waals surface area contributed by atoms with Crippen molar-refractivity contribution in [2.75, 3.05) is 5.32 Å². The van der Waals surface area contributed by atoms with Crippen molar-refractivity contribution in [3.05, 3.63) is 65.2 Å². The Morgan fingerprint density at radius 1 is 1.13 bits per heavy atom. The molecule has 5 heteroatoms. The van der Waals surface area contributed by atoms with E-state index in [1.54, 1.807) is 18.2 Å². The van der Waals surface area contributed by atoms with Gasteiger partial charge in [0.05, 0.1) is 5.69 Å². The lowest BCUT2D eigenvalue weighted by Crippen LogP contribution is -2.32. The quantitative estimate of drug-likeness (QED) is 0.459. The van der Waals surface area contributed by atoms with Gasteiger partial charge in [0.2, 0.25) is 5.91 Å². The molecule has 3 N–H and O–H groups in total. The predicted molar refractivity (Wildman–Crippen MR) is 97.4 cm³/mol. The molecule has 0 spiro atoms. The van der Waals surface area contributed by atoms with E-state index >= 15 is 0 Å². The number of amides is 1. The molecule has 0 heterocycles. The number of benzene rings is 2. The van der Waals surface area contributed by atoms with Gasteiger partial charge < -0.3 is 10.4 Å². The van der Waals surface area contributed by atoms with Crippen molar-refractivity contribution in [1.29, 1.82) is 0 Å². The van der Waals surface area contributed by atoms with Crippen LogP contribution in [0.25, 0.3) is 6.08 Å². The Labute approximate surface area is 140 Å². The van der Waals surface area contributed by atoms with Gasteiger partial charge in [0, 0.05) is 6.08 Å². The van der Waals surface area contributed by atoms with Gasteiger partial charge in [0.15, 0.2) is 5.11 Å². The molecule has 0 aliphatic rings. The smallest absolute Gasteiger partial charge is 0.250 e. The van der Waals surface area contributed by atoms with Gasteiger partial charge in [-0.05, 0) is 61.0 Å². The molecule has 0 saturated heterocycles. The maximum atomic E-state index is 11.8. The van der Waals surface area contributed by atoms with Crippen molar-refractivity contribution in [3.63, 3.8) is 0 Å². The van der Waals surface area contributed by atoms with Crippen LogP contribution in [0.5, 0.6) is 5.75 Å². The second-order valence-electron chi connectivity index (χ2n) is 5.14. The lowest BCUT2D eigenvalue weighted by molar-refractivity contribution is -0.115. The first-order chi connectivity index (χ1) is 11.0. The minimum Gasteiger partial charge on any atom is -0.506 e. The average Bonchev–Trinajstić information content (AvgIpc) is 2.51. The van der Waals surface area contributed by atoms with Crippen molar-refractivity contribution < 1.29 is 9.90 Å². The summed E-state index contributed by atoms with van der Waals surface area (Å²) in [5, 5.41) is 15.4. The Morgan fingerprint density at radius 3 is 2.48 bits per heavy atom. The van der Waals surface area contributed by atoms with Crippen LogP contribution in [0, 0.1) is 13.8 Å². The minimum absolute atomic E-state index is 0.0875. The summed E-state index contributed by atoms with van der Waals surface area (Å²) in [6, 6.07) is 12.9. The predicted octanol–water partition coefficient (Wildman–Crippen LogP) is 3.54. The second kappa shape index (κ2) is 7.56. The standard InChI is InChI=1S/C18H18N2O2S/c1-12-10-15(16(21)11-13(12)2)19-18(23)20-17(22)9-8-14-6-4-3-5-7-14/h3-11,21H,1-2H3,(H2,19,20,22,23). The van der Waals surface area contributed by atoms with Crippen LogP contribution in [0.4, 0.5) is 5.69 Å². The molecule has 1 amide bonds. The third kappa shape index (κ3) is 4.93. The summed E-state index contributed by atoms with van der Waals surface area (Å²) >= 11 is 5.09. The highest BCUT2D eigenvalue weighted by molar-refractivity contribution is 7.80. The van der Waals surface area contributed by atoms with Gasteiger partial charge in [-0.3, -0.25) is 10.1 Å². The number of phenolic OH excluding ortho intramolecular Hbond substituents is 1. The Balaban J connectivity index is 1.96. The molecule has 0 radical (unpaired) electrons. The molecule has 0 aliphatic carbocycles. The van der Waals surface area contributed by atoms with Crippen LogP contribution in [0.3, 0.4) is 0 Å².